The minimum atomic E-state index is -3.83. The molecule has 0 spiro atoms. The Morgan fingerprint density at radius 1 is 1.00 bits per heavy atom. The van der Waals surface area contributed by atoms with Gasteiger partial charge in [-0.2, -0.15) is 0 Å². The van der Waals surface area contributed by atoms with Gasteiger partial charge in [-0.3, -0.25) is 4.79 Å². The monoisotopic (exact) mass is 436 g/mol. The summed E-state index contributed by atoms with van der Waals surface area (Å²) in [5.74, 6) is 0.916. The molecule has 1 unspecified atom stereocenters. The van der Waals surface area contributed by atoms with Crippen molar-refractivity contribution in [2.75, 3.05) is 19.8 Å². The van der Waals surface area contributed by atoms with E-state index in [-0.39, 0.29) is 10.8 Å². The van der Waals surface area contributed by atoms with Gasteiger partial charge >= 0.3 is 0 Å². The van der Waals surface area contributed by atoms with Gasteiger partial charge in [0.15, 0.2) is 11.5 Å². The van der Waals surface area contributed by atoms with Crippen LogP contribution in [-0.4, -0.2) is 34.1 Å². The van der Waals surface area contributed by atoms with Gasteiger partial charge in [-0.1, -0.05) is 12.1 Å². The molecule has 164 valence electrons. The Labute approximate surface area is 177 Å². The first-order chi connectivity index (χ1) is 14.2. The highest BCUT2D eigenvalue weighted by atomic mass is 32.2. The zero-order chi connectivity index (χ0) is 22.3. The molecular formula is C21H28N2O6S. The number of nitrogens with two attached hydrogens (primary N) is 1. The van der Waals surface area contributed by atoms with Crippen LogP contribution in [0.4, 0.5) is 0 Å². The molecule has 8 nitrogen and oxygen atoms in total. The minimum absolute atomic E-state index is 0.0144. The molecule has 0 saturated heterocycles. The number of rotatable bonds is 10. The third kappa shape index (κ3) is 5.87. The highest BCUT2D eigenvalue weighted by Gasteiger charge is 2.20. The molecule has 1 atom stereocenters. The van der Waals surface area contributed by atoms with Crippen molar-refractivity contribution in [1.82, 2.24) is 5.32 Å². The van der Waals surface area contributed by atoms with Crippen molar-refractivity contribution >= 4 is 15.9 Å². The number of sulfonamides is 1. The molecule has 1 amide bonds. The van der Waals surface area contributed by atoms with E-state index in [1.807, 2.05) is 20.8 Å². The molecule has 0 saturated carbocycles. The van der Waals surface area contributed by atoms with Crippen LogP contribution in [0.3, 0.4) is 0 Å². The van der Waals surface area contributed by atoms with Crippen LogP contribution in [0.15, 0.2) is 41.3 Å². The zero-order valence-corrected chi connectivity index (χ0v) is 18.4. The van der Waals surface area contributed by atoms with E-state index in [9.17, 15) is 13.2 Å². The molecule has 2 aromatic carbocycles. The summed E-state index contributed by atoms with van der Waals surface area (Å²) in [6.45, 7) is 8.49. The van der Waals surface area contributed by atoms with Gasteiger partial charge in [0, 0.05) is 5.56 Å². The van der Waals surface area contributed by atoms with Gasteiger partial charge < -0.3 is 19.5 Å². The second-order valence-electron chi connectivity index (χ2n) is 6.41. The van der Waals surface area contributed by atoms with Gasteiger partial charge in [-0.15, -0.1) is 0 Å². The largest absolute Gasteiger partial charge is 0.490 e. The average Bonchev–Trinajstić information content (AvgIpc) is 2.70. The van der Waals surface area contributed by atoms with Crippen molar-refractivity contribution in [2.24, 2.45) is 5.14 Å². The van der Waals surface area contributed by atoms with Crippen molar-refractivity contribution in [3.63, 3.8) is 0 Å². The van der Waals surface area contributed by atoms with Gasteiger partial charge in [0.05, 0.1) is 30.8 Å². The predicted octanol–water partition coefficient (Wildman–Crippen LogP) is 3.02. The number of benzene rings is 2. The lowest BCUT2D eigenvalue weighted by Gasteiger charge is -2.19. The molecule has 0 aliphatic rings. The highest BCUT2D eigenvalue weighted by Crippen LogP contribution is 2.39. The summed E-state index contributed by atoms with van der Waals surface area (Å²) in [5.41, 5.74) is 0.940. The van der Waals surface area contributed by atoms with Crippen molar-refractivity contribution in [1.29, 1.82) is 0 Å². The molecular weight excluding hydrogens is 408 g/mol. The predicted molar refractivity (Wildman–Crippen MR) is 114 cm³/mol. The fourth-order valence-electron chi connectivity index (χ4n) is 2.84. The SMILES string of the molecule is CCOc1cc(C(=O)NC(C)c2cccc(S(N)(=O)=O)c2)cc(OCC)c1OCC. The molecule has 0 aliphatic carbocycles. The van der Waals surface area contributed by atoms with Gasteiger partial charge in [0.1, 0.15) is 0 Å². The molecule has 0 bridgehead atoms. The maximum absolute atomic E-state index is 12.9. The first-order valence-corrected chi connectivity index (χ1v) is 11.3. The molecule has 0 radical (unpaired) electrons. The molecule has 3 N–H and O–H groups in total. The molecule has 9 heteroatoms. The van der Waals surface area contributed by atoms with Gasteiger partial charge in [0.2, 0.25) is 15.8 Å². The van der Waals surface area contributed by atoms with Crippen molar-refractivity contribution in [2.45, 2.75) is 38.6 Å². The third-order valence-corrected chi connectivity index (χ3v) is 5.12. The minimum Gasteiger partial charge on any atom is -0.490 e. The Morgan fingerprint density at radius 2 is 1.57 bits per heavy atom. The quantitative estimate of drug-likeness (QED) is 0.591. The normalized spacial score (nSPS) is 12.2. The summed E-state index contributed by atoms with van der Waals surface area (Å²) in [6, 6.07) is 8.87. The van der Waals surface area contributed by atoms with E-state index in [0.717, 1.165) is 0 Å². The Kier molecular flexibility index (Phi) is 8.08. The Hall–Kier alpha value is -2.78. The van der Waals surface area contributed by atoms with Crippen molar-refractivity contribution in [3.8, 4) is 17.2 Å². The number of carbonyl (C=O) groups excluding carboxylic acids is 1. The molecule has 0 heterocycles. The molecule has 30 heavy (non-hydrogen) atoms. The number of hydrogen-bond donors (Lipinski definition) is 2. The number of nitrogens with one attached hydrogen (secondary N) is 1. The summed E-state index contributed by atoms with van der Waals surface area (Å²) in [5, 5.41) is 8.05. The summed E-state index contributed by atoms with van der Waals surface area (Å²) in [7, 11) is -3.83. The Balaban J connectivity index is 2.33. The van der Waals surface area contributed by atoms with Crippen molar-refractivity contribution < 1.29 is 27.4 Å². The fraction of sp³-hybridized carbons (Fsp3) is 0.381. The number of primary sulfonamides is 1. The molecule has 0 fully saturated rings. The first kappa shape index (κ1) is 23.5. The summed E-state index contributed by atoms with van der Waals surface area (Å²) in [6.07, 6.45) is 0. The van der Waals surface area contributed by atoms with Crippen LogP contribution in [0.25, 0.3) is 0 Å². The molecule has 0 aliphatic heterocycles. The first-order valence-electron chi connectivity index (χ1n) is 9.71. The third-order valence-electron chi connectivity index (χ3n) is 4.21. The van der Waals surface area contributed by atoms with Crippen LogP contribution < -0.4 is 24.7 Å². The smallest absolute Gasteiger partial charge is 0.252 e. The van der Waals surface area contributed by atoms with E-state index >= 15 is 0 Å². The second kappa shape index (κ2) is 10.3. The van der Waals surface area contributed by atoms with Crippen LogP contribution in [0.5, 0.6) is 17.2 Å². The van der Waals surface area contributed by atoms with Gasteiger partial charge in [-0.25, -0.2) is 13.6 Å². The van der Waals surface area contributed by atoms with E-state index in [1.165, 1.54) is 12.1 Å². The van der Waals surface area contributed by atoms with E-state index in [4.69, 9.17) is 19.3 Å². The van der Waals surface area contributed by atoms with E-state index in [2.05, 4.69) is 5.32 Å². The number of ether oxygens (including phenoxy) is 3. The molecule has 2 aromatic rings. The van der Waals surface area contributed by atoms with E-state index in [1.54, 1.807) is 31.2 Å². The second-order valence-corrected chi connectivity index (χ2v) is 7.97. The average molecular weight is 437 g/mol. The number of amides is 1. The van der Waals surface area contributed by atoms with Crippen molar-refractivity contribution in [3.05, 3.63) is 47.5 Å². The van der Waals surface area contributed by atoms with Crippen LogP contribution in [0, 0.1) is 0 Å². The number of hydrogen-bond acceptors (Lipinski definition) is 6. The Morgan fingerprint density at radius 3 is 2.07 bits per heavy atom. The number of carbonyl (C=O) groups is 1. The van der Waals surface area contributed by atoms with Gasteiger partial charge in [-0.05, 0) is 57.5 Å². The van der Waals surface area contributed by atoms with Crippen LogP contribution in [0.1, 0.15) is 49.7 Å². The Bertz CT molecular complexity index is 964. The van der Waals surface area contributed by atoms with E-state index in [0.29, 0.717) is 48.2 Å². The molecule has 0 aromatic heterocycles. The van der Waals surface area contributed by atoms with Crippen LogP contribution in [-0.2, 0) is 10.0 Å². The maximum atomic E-state index is 12.9. The lowest BCUT2D eigenvalue weighted by Crippen LogP contribution is -2.27. The summed E-state index contributed by atoms with van der Waals surface area (Å²) in [4.78, 5) is 12.9. The lowest BCUT2D eigenvalue weighted by atomic mass is 10.1. The van der Waals surface area contributed by atoms with E-state index < -0.39 is 16.1 Å². The molecule has 2 rings (SSSR count). The summed E-state index contributed by atoms with van der Waals surface area (Å²) >= 11 is 0. The lowest BCUT2D eigenvalue weighted by molar-refractivity contribution is 0.0938. The van der Waals surface area contributed by atoms with Gasteiger partial charge in [0.25, 0.3) is 5.91 Å². The summed E-state index contributed by atoms with van der Waals surface area (Å²) < 4.78 is 40.1. The fourth-order valence-corrected chi connectivity index (χ4v) is 3.41. The highest BCUT2D eigenvalue weighted by molar-refractivity contribution is 7.89. The topological polar surface area (TPSA) is 117 Å². The van der Waals surface area contributed by atoms with Crippen LogP contribution >= 0.6 is 0 Å². The standard InChI is InChI=1S/C21H28N2O6S/c1-5-27-18-12-16(13-19(28-6-2)20(18)29-7-3)21(24)23-14(4)15-9-8-10-17(11-15)30(22,25)26/h8-14H,5-7H2,1-4H3,(H,23,24)(H2,22,25,26). The van der Waals surface area contributed by atoms with Crippen LogP contribution in [0.2, 0.25) is 0 Å². The zero-order valence-electron chi connectivity index (χ0n) is 17.6. The maximum Gasteiger partial charge on any atom is 0.252 e.